The number of guanidine groups is 1. The molecule has 0 saturated carbocycles. The lowest BCUT2D eigenvalue weighted by Gasteiger charge is -2.19. The van der Waals surface area contributed by atoms with Crippen LogP contribution in [0.3, 0.4) is 0 Å². The smallest absolute Gasteiger partial charge is 0.445 e. The van der Waals surface area contributed by atoms with Crippen molar-refractivity contribution in [3.05, 3.63) is 12.7 Å². The van der Waals surface area contributed by atoms with Crippen LogP contribution < -0.4 is 21.3 Å². The summed E-state index contributed by atoms with van der Waals surface area (Å²) in [6, 6.07) is 0. The largest absolute Gasteiger partial charge is 0.471 e. The maximum Gasteiger partial charge on any atom is 0.471 e. The zero-order valence-electron chi connectivity index (χ0n) is 16.4. The lowest BCUT2D eigenvalue weighted by atomic mass is 10.2. The van der Waals surface area contributed by atoms with E-state index in [4.69, 9.17) is 4.74 Å². The number of hydrogen-bond acceptors (Lipinski definition) is 6. The van der Waals surface area contributed by atoms with Crippen molar-refractivity contribution in [2.45, 2.75) is 32.5 Å². The van der Waals surface area contributed by atoms with Crippen LogP contribution >= 0.6 is 0 Å². The molecule has 4 N–H and O–H groups in total. The van der Waals surface area contributed by atoms with Gasteiger partial charge in [-0.25, -0.2) is 9.59 Å². The summed E-state index contributed by atoms with van der Waals surface area (Å²) in [6.45, 7) is 8.10. The molecule has 166 valence electrons. The van der Waals surface area contributed by atoms with Crippen LogP contribution in [0, 0.1) is 0 Å². The lowest BCUT2D eigenvalue weighted by Crippen LogP contribution is -2.48. The van der Waals surface area contributed by atoms with E-state index >= 15 is 0 Å². The second-order valence-corrected chi connectivity index (χ2v) is 6.35. The predicted molar refractivity (Wildman–Crippen MR) is 98.3 cm³/mol. The van der Waals surface area contributed by atoms with Crippen molar-refractivity contribution in [3.8, 4) is 0 Å². The molecule has 0 aliphatic heterocycles. The molecule has 0 rings (SSSR count). The van der Waals surface area contributed by atoms with Gasteiger partial charge in [0, 0.05) is 19.6 Å². The fourth-order valence-corrected chi connectivity index (χ4v) is 1.49. The molecular formula is C16H26F3N5O5. The highest BCUT2D eigenvalue weighted by Crippen LogP contribution is 2.13. The third kappa shape index (κ3) is 14.7. The van der Waals surface area contributed by atoms with E-state index in [1.165, 1.54) is 6.08 Å². The Bertz CT molecular complexity index is 603. The Labute approximate surface area is 166 Å². The van der Waals surface area contributed by atoms with E-state index in [0.717, 1.165) is 0 Å². The summed E-state index contributed by atoms with van der Waals surface area (Å²) in [6.07, 6.45) is -5.21. The molecule has 0 aliphatic rings. The Balaban J connectivity index is 4.58. The molecule has 3 amide bonds. The van der Waals surface area contributed by atoms with Gasteiger partial charge in [0.25, 0.3) is 0 Å². The van der Waals surface area contributed by atoms with Crippen LogP contribution in [0.5, 0.6) is 0 Å². The van der Waals surface area contributed by atoms with Crippen LogP contribution in [0.25, 0.3) is 0 Å². The number of hydrogen-bond donors (Lipinski definition) is 4. The van der Waals surface area contributed by atoms with Gasteiger partial charge < -0.3 is 25.4 Å². The van der Waals surface area contributed by atoms with E-state index < -0.39 is 35.8 Å². The molecule has 10 nitrogen and oxygen atoms in total. The zero-order chi connectivity index (χ0) is 22.5. The standard InChI is InChI=1S/C16H26F3N5O5/c1-5-10-28-13(26)22-8-6-20-12(24-11(25)16(17,18)19)21-7-9-23-14(27)29-15(2,3)4/h5H,1,6-10H2,2-4H3,(H,22,26)(H,23,27)(H2,20,21,24,25). The van der Waals surface area contributed by atoms with Crippen LogP contribution in [0.15, 0.2) is 17.6 Å². The molecule has 0 aromatic carbocycles. The van der Waals surface area contributed by atoms with E-state index in [1.54, 1.807) is 26.1 Å². The summed E-state index contributed by atoms with van der Waals surface area (Å²) >= 11 is 0. The number of alkyl carbamates (subject to hydrolysis) is 2. The third-order valence-corrected chi connectivity index (χ3v) is 2.56. The number of rotatable bonds is 8. The molecule has 0 spiro atoms. The first-order chi connectivity index (χ1) is 13.3. The van der Waals surface area contributed by atoms with Gasteiger partial charge >= 0.3 is 24.3 Å². The van der Waals surface area contributed by atoms with Crippen molar-refractivity contribution in [3.63, 3.8) is 0 Å². The van der Waals surface area contributed by atoms with Crippen LogP contribution in [-0.4, -0.2) is 68.6 Å². The minimum atomic E-state index is -5.11. The third-order valence-electron chi connectivity index (χ3n) is 2.56. The molecule has 0 atom stereocenters. The molecule has 0 aliphatic carbocycles. The van der Waals surface area contributed by atoms with Gasteiger partial charge in [0.15, 0.2) is 5.96 Å². The van der Waals surface area contributed by atoms with Crippen LogP contribution in [0.2, 0.25) is 0 Å². The van der Waals surface area contributed by atoms with Gasteiger partial charge in [-0.05, 0) is 20.8 Å². The monoisotopic (exact) mass is 425 g/mol. The van der Waals surface area contributed by atoms with Gasteiger partial charge in [-0.3, -0.25) is 15.1 Å². The van der Waals surface area contributed by atoms with Gasteiger partial charge in [0.2, 0.25) is 0 Å². The summed E-state index contributed by atoms with van der Waals surface area (Å²) in [5, 5.41) is 8.72. The quantitative estimate of drug-likeness (QED) is 0.199. The Hall–Kier alpha value is -2.99. The van der Waals surface area contributed by atoms with Crippen LogP contribution in [0.1, 0.15) is 20.8 Å². The van der Waals surface area contributed by atoms with Gasteiger partial charge in [-0.15, -0.1) is 0 Å². The van der Waals surface area contributed by atoms with Crippen molar-refractivity contribution < 1.29 is 37.0 Å². The van der Waals surface area contributed by atoms with Crippen LogP contribution in [-0.2, 0) is 14.3 Å². The number of carbonyl (C=O) groups is 3. The predicted octanol–water partition coefficient (Wildman–Crippen LogP) is 1.05. The highest BCUT2D eigenvalue weighted by Gasteiger charge is 2.39. The molecule has 29 heavy (non-hydrogen) atoms. The molecule has 0 heterocycles. The van der Waals surface area contributed by atoms with Gasteiger partial charge in [0.1, 0.15) is 12.2 Å². The second kappa shape index (κ2) is 12.5. The SMILES string of the molecule is C=CCOC(=O)NCCNC(=NCCNC(=O)OC(C)(C)C)NC(=O)C(F)(F)F. The first kappa shape index (κ1) is 26.0. The fraction of sp³-hybridized carbons (Fsp3) is 0.625. The summed E-state index contributed by atoms with van der Waals surface area (Å²) in [5.74, 6) is -2.69. The first-order valence-corrected chi connectivity index (χ1v) is 8.50. The molecular weight excluding hydrogens is 399 g/mol. The highest BCUT2D eigenvalue weighted by atomic mass is 19.4. The van der Waals surface area contributed by atoms with Crippen molar-refractivity contribution in [2.75, 3.05) is 32.8 Å². The number of halogens is 3. The van der Waals surface area contributed by atoms with Gasteiger partial charge in [0.05, 0.1) is 6.54 Å². The Morgan fingerprint density at radius 2 is 1.59 bits per heavy atom. The number of nitrogens with one attached hydrogen (secondary N) is 4. The second-order valence-electron chi connectivity index (χ2n) is 6.35. The van der Waals surface area contributed by atoms with E-state index in [2.05, 4.69) is 32.3 Å². The topological polar surface area (TPSA) is 130 Å². The number of nitrogens with zero attached hydrogens (tertiary/aromatic N) is 1. The number of carbonyl (C=O) groups excluding carboxylic acids is 3. The van der Waals surface area contributed by atoms with Gasteiger partial charge in [-0.1, -0.05) is 12.7 Å². The number of ether oxygens (including phenoxy) is 2. The zero-order valence-corrected chi connectivity index (χ0v) is 16.4. The summed E-state index contributed by atoms with van der Waals surface area (Å²) in [5.41, 5.74) is -0.708. The van der Waals surface area contributed by atoms with Crippen molar-refractivity contribution in [2.24, 2.45) is 4.99 Å². The fourth-order valence-electron chi connectivity index (χ4n) is 1.49. The normalized spacial score (nSPS) is 11.9. The lowest BCUT2D eigenvalue weighted by molar-refractivity contribution is -0.171. The van der Waals surface area contributed by atoms with Crippen LogP contribution in [0.4, 0.5) is 22.8 Å². The number of amides is 3. The Kier molecular flexibility index (Phi) is 11.2. The van der Waals surface area contributed by atoms with E-state index in [-0.39, 0.29) is 32.8 Å². The first-order valence-electron chi connectivity index (χ1n) is 8.50. The summed E-state index contributed by atoms with van der Waals surface area (Å²) in [4.78, 5) is 37.6. The minimum absolute atomic E-state index is 0.00173. The summed E-state index contributed by atoms with van der Waals surface area (Å²) in [7, 11) is 0. The molecule has 0 saturated heterocycles. The van der Waals surface area contributed by atoms with Crippen molar-refractivity contribution >= 4 is 24.1 Å². The van der Waals surface area contributed by atoms with Crippen molar-refractivity contribution in [1.29, 1.82) is 0 Å². The molecule has 0 bridgehead atoms. The van der Waals surface area contributed by atoms with E-state index in [9.17, 15) is 27.6 Å². The Morgan fingerprint density at radius 1 is 1.00 bits per heavy atom. The van der Waals surface area contributed by atoms with Gasteiger partial charge in [-0.2, -0.15) is 13.2 Å². The average molecular weight is 425 g/mol. The van der Waals surface area contributed by atoms with E-state index in [0.29, 0.717) is 0 Å². The molecule has 13 heteroatoms. The maximum absolute atomic E-state index is 12.4. The summed E-state index contributed by atoms with van der Waals surface area (Å²) < 4.78 is 46.9. The molecule has 0 radical (unpaired) electrons. The Morgan fingerprint density at radius 3 is 2.14 bits per heavy atom. The van der Waals surface area contributed by atoms with Crippen molar-refractivity contribution in [1.82, 2.24) is 21.3 Å². The van der Waals surface area contributed by atoms with E-state index in [1.807, 2.05) is 0 Å². The number of aliphatic imine (C=N–C) groups is 1. The average Bonchev–Trinajstić information content (AvgIpc) is 2.57. The molecule has 0 fully saturated rings. The highest BCUT2D eigenvalue weighted by molar-refractivity contribution is 5.99. The molecule has 0 aromatic heterocycles. The minimum Gasteiger partial charge on any atom is -0.445 e. The number of alkyl halides is 3. The maximum atomic E-state index is 12.4. The molecule has 0 aromatic rings. The molecule has 0 unspecified atom stereocenters.